The van der Waals surface area contributed by atoms with Crippen LogP contribution in [0.15, 0.2) is 0 Å². The molecule has 0 spiro atoms. The fourth-order valence-electron chi connectivity index (χ4n) is 3.37. The van der Waals surface area contributed by atoms with Gasteiger partial charge in [0.15, 0.2) is 0 Å². The van der Waals surface area contributed by atoms with E-state index < -0.39 is 0 Å². The molecule has 2 rings (SSSR count). The Morgan fingerprint density at radius 2 is 1.75 bits per heavy atom. The van der Waals surface area contributed by atoms with Crippen LogP contribution in [0, 0.1) is 5.41 Å². The SMILES string of the molecule is CCC(C)(C)CN1C2CCC1CC(NC)C2. The van der Waals surface area contributed by atoms with Gasteiger partial charge in [-0.15, -0.1) is 0 Å². The number of rotatable bonds is 4. The third-order valence-corrected chi connectivity index (χ3v) is 4.86. The van der Waals surface area contributed by atoms with Gasteiger partial charge in [-0.2, -0.15) is 0 Å². The Bertz CT molecular complexity index is 223. The quantitative estimate of drug-likeness (QED) is 0.790. The van der Waals surface area contributed by atoms with Crippen molar-refractivity contribution in [3.05, 3.63) is 0 Å². The van der Waals surface area contributed by atoms with Gasteiger partial charge in [-0.05, 0) is 44.6 Å². The Morgan fingerprint density at radius 3 is 2.19 bits per heavy atom. The van der Waals surface area contributed by atoms with Crippen molar-refractivity contribution in [1.82, 2.24) is 10.2 Å². The van der Waals surface area contributed by atoms with Crippen LogP contribution >= 0.6 is 0 Å². The normalized spacial score (nSPS) is 35.6. The van der Waals surface area contributed by atoms with Crippen molar-refractivity contribution in [1.29, 1.82) is 0 Å². The molecule has 94 valence electrons. The minimum atomic E-state index is 0.493. The molecule has 0 aromatic heterocycles. The summed E-state index contributed by atoms with van der Waals surface area (Å²) in [6.45, 7) is 8.45. The first-order chi connectivity index (χ1) is 7.55. The number of piperidine rings is 1. The monoisotopic (exact) mass is 224 g/mol. The van der Waals surface area contributed by atoms with Crippen molar-refractivity contribution < 1.29 is 0 Å². The summed E-state index contributed by atoms with van der Waals surface area (Å²) in [5, 5.41) is 3.48. The molecule has 0 radical (unpaired) electrons. The van der Waals surface area contributed by atoms with E-state index in [1.807, 2.05) is 0 Å². The lowest BCUT2D eigenvalue weighted by Gasteiger charge is -2.42. The summed E-state index contributed by atoms with van der Waals surface area (Å²) < 4.78 is 0. The van der Waals surface area contributed by atoms with Gasteiger partial charge in [0.25, 0.3) is 0 Å². The van der Waals surface area contributed by atoms with E-state index in [4.69, 9.17) is 0 Å². The Labute approximate surface area is 101 Å². The largest absolute Gasteiger partial charge is 0.317 e. The second kappa shape index (κ2) is 4.66. The van der Waals surface area contributed by atoms with Crippen molar-refractivity contribution in [2.24, 2.45) is 5.41 Å². The number of hydrogen-bond acceptors (Lipinski definition) is 2. The number of fused-ring (bicyclic) bond motifs is 2. The van der Waals surface area contributed by atoms with Crippen LogP contribution in [-0.2, 0) is 0 Å². The van der Waals surface area contributed by atoms with Crippen LogP contribution in [0.3, 0.4) is 0 Å². The molecule has 2 bridgehead atoms. The van der Waals surface area contributed by atoms with Crippen LogP contribution in [0.5, 0.6) is 0 Å². The molecule has 0 aromatic rings. The lowest BCUT2D eigenvalue weighted by Crippen LogP contribution is -2.51. The second-order valence-electron chi connectivity index (χ2n) is 6.53. The molecule has 2 heteroatoms. The van der Waals surface area contributed by atoms with E-state index in [-0.39, 0.29) is 0 Å². The number of hydrogen-bond donors (Lipinski definition) is 1. The van der Waals surface area contributed by atoms with Crippen LogP contribution in [0.2, 0.25) is 0 Å². The maximum atomic E-state index is 3.48. The molecule has 1 N–H and O–H groups in total. The van der Waals surface area contributed by atoms with Crippen LogP contribution in [0.1, 0.15) is 52.9 Å². The van der Waals surface area contributed by atoms with Crippen molar-refractivity contribution in [2.75, 3.05) is 13.6 Å². The Hall–Kier alpha value is -0.0800. The summed E-state index contributed by atoms with van der Waals surface area (Å²) in [6, 6.07) is 2.50. The maximum Gasteiger partial charge on any atom is 0.0114 e. The average molecular weight is 224 g/mol. The predicted octanol–water partition coefficient (Wildman–Crippen LogP) is 2.64. The van der Waals surface area contributed by atoms with Crippen LogP contribution in [0.4, 0.5) is 0 Å². The molecule has 2 nitrogen and oxygen atoms in total. The van der Waals surface area contributed by atoms with E-state index in [0.717, 1.165) is 18.1 Å². The molecule has 2 unspecified atom stereocenters. The van der Waals surface area contributed by atoms with E-state index in [9.17, 15) is 0 Å². The minimum Gasteiger partial charge on any atom is -0.317 e. The number of nitrogens with zero attached hydrogens (tertiary/aromatic N) is 1. The Morgan fingerprint density at radius 1 is 1.19 bits per heavy atom. The summed E-state index contributed by atoms with van der Waals surface area (Å²) in [5.74, 6) is 0. The summed E-state index contributed by atoms with van der Waals surface area (Å²) >= 11 is 0. The number of nitrogens with one attached hydrogen (secondary N) is 1. The van der Waals surface area contributed by atoms with Gasteiger partial charge in [-0.3, -0.25) is 4.90 Å². The van der Waals surface area contributed by atoms with Crippen molar-refractivity contribution in [3.8, 4) is 0 Å². The molecule has 16 heavy (non-hydrogen) atoms. The summed E-state index contributed by atoms with van der Waals surface area (Å²) in [7, 11) is 2.12. The van der Waals surface area contributed by atoms with Gasteiger partial charge in [-0.1, -0.05) is 20.8 Å². The van der Waals surface area contributed by atoms with Crippen LogP contribution < -0.4 is 5.32 Å². The summed E-state index contributed by atoms with van der Waals surface area (Å²) in [4.78, 5) is 2.82. The molecular formula is C14H28N2. The zero-order valence-electron chi connectivity index (χ0n) is 11.4. The Kier molecular flexibility index (Phi) is 3.60. The van der Waals surface area contributed by atoms with Crippen LogP contribution in [0.25, 0.3) is 0 Å². The first-order valence-corrected chi connectivity index (χ1v) is 6.99. The van der Waals surface area contributed by atoms with E-state index in [0.29, 0.717) is 5.41 Å². The van der Waals surface area contributed by atoms with Crippen molar-refractivity contribution >= 4 is 0 Å². The van der Waals surface area contributed by atoms with Crippen molar-refractivity contribution in [3.63, 3.8) is 0 Å². The van der Waals surface area contributed by atoms with E-state index in [2.05, 4.69) is 38.0 Å². The highest BCUT2D eigenvalue weighted by Crippen LogP contribution is 2.38. The van der Waals surface area contributed by atoms with Gasteiger partial charge in [0.2, 0.25) is 0 Å². The molecular weight excluding hydrogens is 196 g/mol. The molecule has 0 aliphatic carbocycles. The van der Waals surface area contributed by atoms with Gasteiger partial charge in [-0.25, -0.2) is 0 Å². The first kappa shape index (κ1) is 12.4. The third kappa shape index (κ3) is 2.43. The topological polar surface area (TPSA) is 15.3 Å². The van der Waals surface area contributed by atoms with Crippen LogP contribution in [-0.4, -0.2) is 36.6 Å². The summed E-state index contributed by atoms with van der Waals surface area (Å²) in [5.41, 5.74) is 0.493. The summed E-state index contributed by atoms with van der Waals surface area (Å²) in [6.07, 6.45) is 6.89. The fourth-order valence-corrected chi connectivity index (χ4v) is 3.37. The highest BCUT2D eigenvalue weighted by molar-refractivity contribution is 4.98. The highest BCUT2D eigenvalue weighted by atomic mass is 15.2. The van der Waals surface area contributed by atoms with Crippen molar-refractivity contribution in [2.45, 2.75) is 71.0 Å². The molecule has 2 aliphatic heterocycles. The smallest absolute Gasteiger partial charge is 0.0114 e. The maximum absolute atomic E-state index is 3.48. The van der Waals surface area contributed by atoms with Gasteiger partial charge in [0.1, 0.15) is 0 Å². The molecule has 2 saturated heterocycles. The first-order valence-electron chi connectivity index (χ1n) is 6.99. The molecule has 0 amide bonds. The molecule has 2 heterocycles. The molecule has 0 saturated carbocycles. The minimum absolute atomic E-state index is 0.493. The Balaban J connectivity index is 1.98. The third-order valence-electron chi connectivity index (χ3n) is 4.86. The van der Waals surface area contributed by atoms with Gasteiger partial charge in [0, 0.05) is 24.7 Å². The van der Waals surface area contributed by atoms with E-state index in [1.54, 1.807) is 0 Å². The molecule has 0 aromatic carbocycles. The zero-order valence-corrected chi connectivity index (χ0v) is 11.4. The zero-order chi connectivity index (χ0) is 11.8. The van der Waals surface area contributed by atoms with Gasteiger partial charge >= 0.3 is 0 Å². The molecule has 2 aliphatic rings. The molecule has 2 atom stereocenters. The fraction of sp³-hybridized carbons (Fsp3) is 1.00. The van der Waals surface area contributed by atoms with Gasteiger partial charge < -0.3 is 5.32 Å². The second-order valence-corrected chi connectivity index (χ2v) is 6.53. The lowest BCUT2D eigenvalue weighted by molar-refractivity contribution is 0.0736. The van der Waals surface area contributed by atoms with E-state index >= 15 is 0 Å². The van der Waals surface area contributed by atoms with E-state index in [1.165, 1.54) is 38.6 Å². The lowest BCUT2D eigenvalue weighted by atomic mass is 9.87. The highest BCUT2D eigenvalue weighted by Gasteiger charge is 2.41. The predicted molar refractivity (Wildman–Crippen MR) is 69.7 cm³/mol. The average Bonchev–Trinajstić information content (AvgIpc) is 2.52. The molecule has 2 fully saturated rings. The standard InChI is InChI=1S/C14H28N2/c1-5-14(2,3)10-16-12-6-7-13(16)9-11(8-12)15-4/h11-13,15H,5-10H2,1-4H3. The van der Waals surface area contributed by atoms with Gasteiger partial charge in [0.05, 0.1) is 0 Å².